The Morgan fingerprint density at radius 1 is 1.00 bits per heavy atom. The third-order valence-corrected chi connectivity index (χ3v) is 3.50. The standard InChI is InChI=1S/C19H18N2O4/c1-21(17(22)11-12-18(23)24)16-10-6-5-9-15(16)19(25)20-13-14-7-3-2-4-8-14/h2-12H,13H2,1H3,(H,20,25)(H,23,24)/b12-11+. The molecule has 0 unspecified atom stereocenters. The maximum atomic E-state index is 12.5. The van der Waals surface area contributed by atoms with Gasteiger partial charge in [-0.2, -0.15) is 0 Å². The number of para-hydroxylation sites is 1. The zero-order chi connectivity index (χ0) is 18.2. The SMILES string of the molecule is CN(C(=O)/C=C/C(=O)O)c1ccccc1C(=O)NCc1ccccc1. The van der Waals surface area contributed by atoms with Crippen LogP contribution in [-0.4, -0.2) is 29.9 Å². The molecular weight excluding hydrogens is 320 g/mol. The van der Waals surface area contributed by atoms with Crippen molar-refractivity contribution in [3.8, 4) is 0 Å². The molecular formula is C19H18N2O4. The van der Waals surface area contributed by atoms with Crippen LogP contribution in [0.25, 0.3) is 0 Å². The molecule has 0 fully saturated rings. The van der Waals surface area contributed by atoms with Gasteiger partial charge in [0.2, 0.25) is 0 Å². The Morgan fingerprint density at radius 2 is 1.64 bits per heavy atom. The maximum absolute atomic E-state index is 12.5. The van der Waals surface area contributed by atoms with Crippen molar-refractivity contribution in [1.29, 1.82) is 0 Å². The predicted octanol–water partition coefficient (Wildman–Crippen LogP) is 2.22. The minimum absolute atomic E-state index is 0.318. The maximum Gasteiger partial charge on any atom is 0.328 e. The first-order valence-electron chi connectivity index (χ1n) is 7.59. The van der Waals surface area contributed by atoms with E-state index in [1.807, 2.05) is 30.3 Å². The minimum Gasteiger partial charge on any atom is -0.478 e. The molecule has 0 aliphatic heterocycles. The summed E-state index contributed by atoms with van der Waals surface area (Å²) in [4.78, 5) is 36.3. The van der Waals surface area contributed by atoms with E-state index in [0.717, 1.165) is 17.7 Å². The number of rotatable bonds is 6. The number of carboxylic acids is 1. The fourth-order valence-electron chi connectivity index (χ4n) is 2.20. The van der Waals surface area contributed by atoms with E-state index in [-0.39, 0.29) is 5.91 Å². The monoisotopic (exact) mass is 338 g/mol. The van der Waals surface area contributed by atoms with Gasteiger partial charge in [0.15, 0.2) is 0 Å². The summed E-state index contributed by atoms with van der Waals surface area (Å²) < 4.78 is 0. The van der Waals surface area contributed by atoms with Gasteiger partial charge < -0.3 is 15.3 Å². The lowest BCUT2D eigenvalue weighted by atomic mass is 10.1. The average Bonchev–Trinajstić information content (AvgIpc) is 2.64. The highest BCUT2D eigenvalue weighted by atomic mass is 16.4. The summed E-state index contributed by atoms with van der Waals surface area (Å²) in [6, 6.07) is 16.1. The van der Waals surface area contributed by atoms with E-state index < -0.39 is 11.9 Å². The molecule has 0 radical (unpaired) electrons. The first kappa shape index (κ1) is 17.9. The topological polar surface area (TPSA) is 86.7 Å². The summed E-state index contributed by atoms with van der Waals surface area (Å²) in [6.45, 7) is 0.366. The molecule has 2 amide bonds. The molecule has 0 heterocycles. The Morgan fingerprint density at radius 3 is 2.32 bits per heavy atom. The molecule has 0 aromatic heterocycles. The first-order valence-corrected chi connectivity index (χ1v) is 7.59. The fourth-order valence-corrected chi connectivity index (χ4v) is 2.20. The van der Waals surface area contributed by atoms with E-state index >= 15 is 0 Å². The summed E-state index contributed by atoms with van der Waals surface area (Å²) >= 11 is 0. The van der Waals surface area contributed by atoms with Crippen LogP contribution in [0.15, 0.2) is 66.7 Å². The van der Waals surface area contributed by atoms with Crippen LogP contribution in [0.2, 0.25) is 0 Å². The van der Waals surface area contributed by atoms with Crippen LogP contribution in [-0.2, 0) is 16.1 Å². The van der Waals surface area contributed by atoms with Crippen LogP contribution < -0.4 is 10.2 Å². The predicted molar refractivity (Wildman–Crippen MR) is 94.2 cm³/mol. The molecule has 0 aliphatic rings. The van der Waals surface area contributed by atoms with Crippen LogP contribution in [0, 0.1) is 0 Å². The molecule has 2 rings (SSSR count). The zero-order valence-corrected chi connectivity index (χ0v) is 13.7. The van der Waals surface area contributed by atoms with Gasteiger partial charge in [-0.3, -0.25) is 9.59 Å². The minimum atomic E-state index is -1.21. The molecule has 128 valence electrons. The number of nitrogens with zero attached hydrogens (tertiary/aromatic N) is 1. The number of benzene rings is 2. The highest BCUT2D eigenvalue weighted by molar-refractivity contribution is 6.08. The second kappa shape index (κ2) is 8.44. The Labute approximate surface area is 145 Å². The number of carboxylic acid groups (broad SMARTS) is 1. The van der Waals surface area contributed by atoms with Gasteiger partial charge in [0.1, 0.15) is 0 Å². The number of aliphatic carboxylic acids is 1. The van der Waals surface area contributed by atoms with Gasteiger partial charge in [-0.1, -0.05) is 42.5 Å². The van der Waals surface area contributed by atoms with Crippen molar-refractivity contribution in [2.75, 3.05) is 11.9 Å². The first-order chi connectivity index (χ1) is 12.0. The molecule has 2 aromatic carbocycles. The van der Waals surface area contributed by atoms with Crippen LogP contribution in [0.3, 0.4) is 0 Å². The lowest BCUT2D eigenvalue weighted by Gasteiger charge is -2.19. The molecule has 0 saturated heterocycles. The van der Waals surface area contributed by atoms with Crippen molar-refractivity contribution in [1.82, 2.24) is 5.32 Å². The smallest absolute Gasteiger partial charge is 0.328 e. The lowest BCUT2D eigenvalue weighted by molar-refractivity contribution is -0.131. The number of carbonyl (C=O) groups is 3. The van der Waals surface area contributed by atoms with E-state index in [9.17, 15) is 14.4 Å². The molecule has 0 atom stereocenters. The van der Waals surface area contributed by atoms with Gasteiger partial charge >= 0.3 is 5.97 Å². The van der Waals surface area contributed by atoms with E-state index in [1.165, 1.54) is 11.9 Å². The van der Waals surface area contributed by atoms with E-state index in [1.54, 1.807) is 24.3 Å². The third-order valence-electron chi connectivity index (χ3n) is 3.50. The number of nitrogens with one attached hydrogen (secondary N) is 1. The van der Waals surface area contributed by atoms with Crippen LogP contribution in [0.4, 0.5) is 5.69 Å². The Kier molecular flexibility index (Phi) is 6.06. The normalized spacial score (nSPS) is 10.4. The Bertz CT molecular complexity index is 800. The van der Waals surface area contributed by atoms with Crippen molar-refractivity contribution >= 4 is 23.5 Å². The van der Waals surface area contributed by atoms with Crippen LogP contribution in [0.1, 0.15) is 15.9 Å². The average molecular weight is 338 g/mol. The Balaban J connectivity index is 2.15. The van der Waals surface area contributed by atoms with E-state index in [2.05, 4.69) is 5.32 Å². The largest absolute Gasteiger partial charge is 0.478 e. The molecule has 0 spiro atoms. The van der Waals surface area contributed by atoms with Gasteiger partial charge in [0.05, 0.1) is 11.3 Å². The van der Waals surface area contributed by atoms with Crippen molar-refractivity contribution in [2.45, 2.75) is 6.54 Å². The highest BCUT2D eigenvalue weighted by Gasteiger charge is 2.17. The van der Waals surface area contributed by atoms with Gasteiger partial charge in [-0.25, -0.2) is 4.79 Å². The van der Waals surface area contributed by atoms with E-state index in [4.69, 9.17) is 5.11 Å². The molecule has 25 heavy (non-hydrogen) atoms. The summed E-state index contributed by atoms with van der Waals surface area (Å²) in [6.07, 6.45) is 1.71. The number of hydrogen-bond acceptors (Lipinski definition) is 3. The quantitative estimate of drug-likeness (QED) is 0.791. The van der Waals surface area contributed by atoms with Crippen LogP contribution in [0.5, 0.6) is 0 Å². The van der Waals surface area contributed by atoms with Crippen molar-refractivity contribution < 1.29 is 19.5 Å². The second-order valence-electron chi connectivity index (χ2n) is 5.25. The number of likely N-dealkylation sites (N-methyl/N-ethyl adjacent to an activating group) is 1. The lowest BCUT2D eigenvalue weighted by Crippen LogP contribution is -2.29. The molecule has 0 bridgehead atoms. The summed E-state index contributed by atoms with van der Waals surface area (Å²) in [5.41, 5.74) is 1.69. The molecule has 6 heteroatoms. The van der Waals surface area contributed by atoms with Crippen molar-refractivity contribution in [3.63, 3.8) is 0 Å². The number of hydrogen-bond donors (Lipinski definition) is 2. The zero-order valence-electron chi connectivity index (χ0n) is 13.7. The molecule has 2 N–H and O–H groups in total. The van der Waals surface area contributed by atoms with Crippen LogP contribution >= 0.6 is 0 Å². The molecule has 2 aromatic rings. The fraction of sp³-hybridized carbons (Fsp3) is 0.105. The van der Waals surface area contributed by atoms with Gasteiger partial charge in [-0.05, 0) is 17.7 Å². The molecule has 0 aliphatic carbocycles. The number of anilines is 1. The van der Waals surface area contributed by atoms with Crippen molar-refractivity contribution in [3.05, 3.63) is 77.9 Å². The number of carbonyl (C=O) groups excluding carboxylic acids is 2. The summed E-state index contributed by atoms with van der Waals surface area (Å²) in [5, 5.41) is 11.4. The van der Waals surface area contributed by atoms with Gasteiger partial charge in [0, 0.05) is 25.7 Å². The molecule has 6 nitrogen and oxygen atoms in total. The number of amides is 2. The van der Waals surface area contributed by atoms with Crippen molar-refractivity contribution in [2.24, 2.45) is 0 Å². The van der Waals surface area contributed by atoms with Gasteiger partial charge in [-0.15, -0.1) is 0 Å². The Hall–Kier alpha value is -3.41. The second-order valence-corrected chi connectivity index (χ2v) is 5.25. The highest BCUT2D eigenvalue weighted by Crippen LogP contribution is 2.19. The third kappa shape index (κ3) is 5.04. The summed E-state index contributed by atoms with van der Waals surface area (Å²) in [7, 11) is 1.48. The molecule has 0 saturated carbocycles. The summed E-state index contributed by atoms with van der Waals surface area (Å²) in [5.74, 6) is -2.07. The van der Waals surface area contributed by atoms with Gasteiger partial charge in [0.25, 0.3) is 11.8 Å². The van der Waals surface area contributed by atoms with E-state index in [0.29, 0.717) is 17.8 Å².